The first-order valence-electron chi connectivity index (χ1n) is 13.8. The Labute approximate surface area is 231 Å². The third-order valence-electron chi connectivity index (χ3n) is 7.14. The van der Waals surface area contributed by atoms with Gasteiger partial charge in [0.25, 0.3) is 0 Å². The molecule has 0 spiro atoms. The largest absolute Gasteiger partial charge is 0.464 e. The van der Waals surface area contributed by atoms with Crippen molar-refractivity contribution in [3.63, 3.8) is 0 Å². The average molecular weight is 545 g/mol. The molecule has 4 aromatic rings. The molecule has 0 fully saturated rings. The van der Waals surface area contributed by atoms with Crippen molar-refractivity contribution in [2.24, 2.45) is 5.50 Å². The molecule has 204 valence electrons. The Morgan fingerprint density at radius 3 is 1.95 bits per heavy atom. The number of fused-ring (bicyclic) bond motifs is 2. The van der Waals surface area contributed by atoms with E-state index in [9.17, 15) is 4.57 Å². The Morgan fingerprint density at radius 1 is 0.846 bits per heavy atom. The van der Waals surface area contributed by atoms with Gasteiger partial charge in [-0.1, -0.05) is 98.8 Å². The second kappa shape index (κ2) is 12.0. The standard InChI is InChI=1S/C32H37N2O4P/c1-3-20-34(21-4-2)39(33,35)36-22-19-31-37-30-24-26-14-12-11-13-25(26)23-29(30)32(38-31,27-15-7-5-8-16-27)28-17-9-6-10-18-28/h5-18,23-24,31H,3-4,19-22H2,1-2H3,(H2,33,35). The van der Waals surface area contributed by atoms with E-state index < -0.39 is 19.6 Å². The van der Waals surface area contributed by atoms with Crippen LogP contribution in [0.1, 0.15) is 49.8 Å². The molecule has 0 saturated carbocycles. The number of hydrogen-bond donors (Lipinski definition) is 1. The van der Waals surface area contributed by atoms with Gasteiger partial charge >= 0.3 is 7.67 Å². The van der Waals surface area contributed by atoms with E-state index in [2.05, 4.69) is 48.5 Å². The van der Waals surface area contributed by atoms with Crippen molar-refractivity contribution in [2.75, 3.05) is 19.7 Å². The third-order valence-corrected chi connectivity index (χ3v) is 8.88. The lowest BCUT2D eigenvalue weighted by atomic mass is 9.78. The number of nitrogens with zero attached hydrogens (tertiary/aromatic N) is 1. The lowest BCUT2D eigenvalue weighted by Crippen LogP contribution is -2.43. The minimum Gasteiger partial charge on any atom is -0.464 e. The Bertz CT molecular complexity index is 1380. The Morgan fingerprint density at radius 2 is 1.38 bits per heavy atom. The number of rotatable bonds is 11. The first-order chi connectivity index (χ1) is 19.0. The van der Waals surface area contributed by atoms with Crippen LogP contribution in [-0.2, 0) is 19.4 Å². The molecule has 0 aliphatic carbocycles. The van der Waals surface area contributed by atoms with Crippen LogP contribution in [0.3, 0.4) is 0 Å². The van der Waals surface area contributed by atoms with Crippen LogP contribution in [0.5, 0.6) is 5.75 Å². The predicted molar refractivity (Wildman–Crippen MR) is 157 cm³/mol. The van der Waals surface area contributed by atoms with Gasteiger partial charge in [0.15, 0.2) is 5.60 Å². The molecule has 5 rings (SSSR count). The zero-order chi connectivity index (χ0) is 27.3. The van der Waals surface area contributed by atoms with E-state index in [4.69, 9.17) is 19.5 Å². The van der Waals surface area contributed by atoms with Crippen LogP contribution in [0.4, 0.5) is 0 Å². The number of ether oxygens (including phenoxy) is 2. The summed E-state index contributed by atoms with van der Waals surface area (Å²) in [7, 11) is -3.43. The minimum atomic E-state index is -3.43. The lowest BCUT2D eigenvalue weighted by Gasteiger charge is -2.43. The maximum Gasteiger partial charge on any atom is 0.340 e. The summed E-state index contributed by atoms with van der Waals surface area (Å²) in [4.78, 5) is 0. The maximum absolute atomic E-state index is 13.3. The van der Waals surface area contributed by atoms with E-state index in [0.717, 1.165) is 46.1 Å². The Hall–Kier alpha value is -2.99. The van der Waals surface area contributed by atoms with Crippen LogP contribution < -0.4 is 10.2 Å². The Balaban J connectivity index is 1.53. The van der Waals surface area contributed by atoms with E-state index >= 15 is 0 Å². The number of hydrogen-bond acceptors (Lipinski definition) is 4. The maximum atomic E-state index is 13.3. The van der Waals surface area contributed by atoms with E-state index in [1.54, 1.807) is 4.67 Å². The van der Waals surface area contributed by atoms with Crippen LogP contribution >= 0.6 is 7.67 Å². The van der Waals surface area contributed by atoms with E-state index in [0.29, 0.717) is 19.5 Å². The van der Waals surface area contributed by atoms with Gasteiger partial charge in [-0.05, 0) is 46.9 Å². The highest BCUT2D eigenvalue weighted by Crippen LogP contribution is 2.50. The molecular weight excluding hydrogens is 507 g/mol. The second-order valence-electron chi connectivity index (χ2n) is 9.91. The summed E-state index contributed by atoms with van der Waals surface area (Å²) in [6.07, 6.45) is 1.41. The first-order valence-corrected chi connectivity index (χ1v) is 15.4. The summed E-state index contributed by atoms with van der Waals surface area (Å²) in [5.74, 6) is 0.757. The fourth-order valence-corrected chi connectivity index (χ4v) is 6.85. The van der Waals surface area contributed by atoms with Crippen LogP contribution in [0.25, 0.3) is 10.8 Å². The normalized spacial score (nSPS) is 17.9. The van der Waals surface area contributed by atoms with E-state index in [-0.39, 0.29) is 6.61 Å². The van der Waals surface area contributed by atoms with Gasteiger partial charge in [0.05, 0.1) is 6.61 Å². The molecule has 0 radical (unpaired) electrons. The van der Waals surface area contributed by atoms with Gasteiger partial charge in [0.2, 0.25) is 6.29 Å². The van der Waals surface area contributed by atoms with Crippen molar-refractivity contribution in [1.29, 1.82) is 0 Å². The summed E-state index contributed by atoms with van der Waals surface area (Å²) in [5, 5.41) is 2.20. The summed E-state index contributed by atoms with van der Waals surface area (Å²) in [6, 6.07) is 33.0. The molecule has 0 aromatic heterocycles. The molecule has 39 heavy (non-hydrogen) atoms. The van der Waals surface area contributed by atoms with Crippen molar-refractivity contribution in [3.8, 4) is 5.75 Å². The number of benzene rings is 4. The van der Waals surface area contributed by atoms with Crippen LogP contribution in [-0.4, -0.2) is 30.7 Å². The van der Waals surface area contributed by atoms with Crippen molar-refractivity contribution < 1.29 is 18.6 Å². The topological polar surface area (TPSA) is 74.0 Å². The van der Waals surface area contributed by atoms with Gasteiger partial charge < -0.3 is 14.0 Å². The molecule has 4 aromatic carbocycles. The summed E-state index contributed by atoms with van der Waals surface area (Å²) in [5.41, 5.74) is 8.24. The van der Waals surface area contributed by atoms with Crippen LogP contribution in [0.2, 0.25) is 0 Å². The van der Waals surface area contributed by atoms with Crippen LogP contribution in [0, 0.1) is 0 Å². The van der Waals surface area contributed by atoms with Crippen molar-refractivity contribution in [3.05, 3.63) is 114 Å². The molecule has 2 atom stereocenters. The molecule has 1 heterocycles. The highest BCUT2D eigenvalue weighted by atomic mass is 31.2. The molecule has 1 aliphatic rings. The molecule has 2 N–H and O–H groups in total. The molecule has 0 amide bonds. The van der Waals surface area contributed by atoms with Gasteiger partial charge in [-0.15, -0.1) is 0 Å². The van der Waals surface area contributed by atoms with Gasteiger partial charge in [-0.3, -0.25) is 4.57 Å². The van der Waals surface area contributed by atoms with Crippen LogP contribution in [0.15, 0.2) is 97.1 Å². The minimum absolute atomic E-state index is 0.144. The van der Waals surface area contributed by atoms with Crippen molar-refractivity contribution in [1.82, 2.24) is 4.67 Å². The van der Waals surface area contributed by atoms with E-state index in [1.165, 1.54) is 0 Å². The molecule has 7 heteroatoms. The molecule has 2 unspecified atom stereocenters. The summed E-state index contributed by atoms with van der Waals surface area (Å²) < 4.78 is 34.3. The molecule has 1 aliphatic heterocycles. The zero-order valence-electron chi connectivity index (χ0n) is 22.7. The third kappa shape index (κ3) is 5.67. The smallest absolute Gasteiger partial charge is 0.340 e. The second-order valence-corrected chi connectivity index (χ2v) is 11.9. The fraction of sp³-hybridized carbons (Fsp3) is 0.312. The predicted octanol–water partition coefficient (Wildman–Crippen LogP) is 7.46. The van der Waals surface area contributed by atoms with Crippen molar-refractivity contribution >= 4 is 18.4 Å². The van der Waals surface area contributed by atoms with E-state index in [1.807, 2.05) is 62.4 Å². The SMILES string of the molecule is CCCN(CCC)P(N)(=O)OCCC1Oc2cc3ccccc3cc2C(c2ccccc2)(c2ccccc2)O1. The highest BCUT2D eigenvalue weighted by molar-refractivity contribution is 7.53. The molecular formula is C32H37N2O4P. The lowest BCUT2D eigenvalue weighted by molar-refractivity contribution is -0.168. The van der Waals surface area contributed by atoms with Gasteiger partial charge in [0.1, 0.15) is 5.75 Å². The van der Waals surface area contributed by atoms with Crippen molar-refractivity contribution in [2.45, 2.75) is 45.0 Å². The molecule has 0 saturated heterocycles. The number of nitrogens with two attached hydrogens (primary N) is 1. The van der Waals surface area contributed by atoms with Gasteiger partial charge in [-0.2, -0.15) is 0 Å². The molecule has 6 nitrogen and oxygen atoms in total. The first kappa shape index (κ1) is 27.6. The Kier molecular flexibility index (Phi) is 8.51. The monoisotopic (exact) mass is 544 g/mol. The fourth-order valence-electron chi connectivity index (χ4n) is 5.36. The summed E-state index contributed by atoms with van der Waals surface area (Å²) >= 11 is 0. The zero-order valence-corrected chi connectivity index (χ0v) is 23.6. The van der Waals surface area contributed by atoms with Gasteiger partial charge in [-0.25, -0.2) is 10.2 Å². The summed E-state index contributed by atoms with van der Waals surface area (Å²) in [6.45, 7) is 5.48. The highest BCUT2D eigenvalue weighted by Gasteiger charge is 2.46. The average Bonchev–Trinajstić information content (AvgIpc) is 2.96. The quantitative estimate of drug-likeness (QED) is 0.198. The molecule has 0 bridgehead atoms. The van der Waals surface area contributed by atoms with Gasteiger partial charge in [0, 0.05) is 25.1 Å².